The lowest BCUT2D eigenvalue weighted by atomic mass is 10.2. The lowest BCUT2D eigenvalue weighted by Crippen LogP contribution is -2.32. The molecule has 0 fully saturated rings. The Balaban J connectivity index is 3.63. The third kappa shape index (κ3) is 5.36. The van der Waals surface area contributed by atoms with Crippen LogP contribution in [0.2, 0.25) is 0 Å². The van der Waals surface area contributed by atoms with Gasteiger partial charge in [-0.05, 0) is 40.2 Å². The molecule has 0 aromatic carbocycles. The molecule has 0 heterocycles. The zero-order chi connectivity index (χ0) is 9.40. The van der Waals surface area contributed by atoms with Crippen LogP contribution in [0.4, 0.5) is 0 Å². The Morgan fingerprint density at radius 2 is 1.92 bits per heavy atom. The van der Waals surface area contributed by atoms with Crippen molar-refractivity contribution in [3.8, 4) is 0 Å². The van der Waals surface area contributed by atoms with E-state index in [9.17, 15) is 0 Å². The molecule has 0 rings (SSSR count). The van der Waals surface area contributed by atoms with E-state index in [2.05, 4.69) is 44.7 Å². The average Bonchev–Trinajstić information content (AvgIpc) is 2.03. The molecule has 1 nitrogen and oxygen atoms in total. The van der Waals surface area contributed by atoms with Crippen molar-refractivity contribution in [1.29, 1.82) is 0 Å². The fourth-order valence-electron chi connectivity index (χ4n) is 1.32. The number of rotatable bonds is 6. The van der Waals surface area contributed by atoms with Gasteiger partial charge in [-0.1, -0.05) is 19.1 Å². The smallest absolute Gasteiger partial charge is 0.00387 e. The molecular weight excluding hydrogens is 146 g/mol. The van der Waals surface area contributed by atoms with Crippen molar-refractivity contribution in [1.82, 2.24) is 4.90 Å². The van der Waals surface area contributed by atoms with Gasteiger partial charge in [-0.15, -0.1) is 0 Å². The second-order valence-electron chi connectivity index (χ2n) is 3.49. The Morgan fingerprint density at radius 1 is 1.25 bits per heavy atom. The highest BCUT2D eigenvalue weighted by Gasteiger charge is 2.05. The van der Waals surface area contributed by atoms with Crippen LogP contribution in [0, 0.1) is 0 Å². The zero-order valence-corrected chi connectivity index (χ0v) is 9.01. The van der Waals surface area contributed by atoms with Crippen molar-refractivity contribution in [2.45, 2.75) is 46.6 Å². The molecule has 0 aromatic heterocycles. The van der Waals surface area contributed by atoms with Crippen LogP contribution in [0.1, 0.15) is 40.5 Å². The van der Waals surface area contributed by atoms with E-state index >= 15 is 0 Å². The summed E-state index contributed by atoms with van der Waals surface area (Å²) in [5.74, 6) is 0. The Kier molecular flexibility index (Phi) is 7.17. The summed E-state index contributed by atoms with van der Waals surface area (Å²) >= 11 is 0. The van der Waals surface area contributed by atoms with Crippen LogP contribution >= 0.6 is 0 Å². The van der Waals surface area contributed by atoms with Gasteiger partial charge in [-0.25, -0.2) is 0 Å². The van der Waals surface area contributed by atoms with Gasteiger partial charge in [-0.3, -0.25) is 0 Å². The molecule has 0 unspecified atom stereocenters. The molecule has 0 aliphatic carbocycles. The minimum Gasteiger partial charge on any atom is -0.301 e. The lowest BCUT2D eigenvalue weighted by Gasteiger charge is -2.25. The maximum Gasteiger partial charge on any atom is 0.00387 e. The van der Waals surface area contributed by atoms with Gasteiger partial charge >= 0.3 is 0 Å². The lowest BCUT2D eigenvalue weighted by molar-refractivity contribution is 0.226. The molecular formula is C11H23N. The van der Waals surface area contributed by atoms with Crippen LogP contribution in [-0.2, 0) is 0 Å². The van der Waals surface area contributed by atoms with Crippen LogP contribution in [0.15, 0.2) is 12.2 Å². The van der Waals surface area contributed by atoms with Crippen LogP contribution in [-0.4, -0.2) is 24.0 Å². The second kappa shape index (κ2) is 7.35. The predicted molar refractivity (Wildman–Crippen MR) is 56.4 cm³/mol. The van der Waals surface area contributed by atoms with E-state index in [1.807, 2.05) is 0 Å². The van der Waals surface area contributed by atoms with Crippen molar-refractivity contribution in [2.24, 2.45) is 0 Å². The molecule has 0 amide bonds. The topological polar surface area (TPSA) is 3.24 Å². The third-order valence-electron chi connectivity index (χ3n) is 2.06. The van der Waals surface area contributed by atoms with E-state index < -0.39 is 0 Å². The molecule has 0 bridgehead atoms. The van der Waals surface area contributed by atoms with Gasteiger partial charge in [0.25, 0.3) is 0 Å². The van der Waals surface area contributed by atoms with Gasteiger partial charge in [0.05, 0.1) is 0 Å². The number of allylic oxidation sites excluding steroid dienone is 1. The average molecular weight is 169 g/mol. The number of hydrogen-bond acceptors (Lipinski definition) is 1. The fourth-order valence-corrected chi connectivity index (χ4v) is 1.32. The summed E-state index contributed by atoms with van der Waals surface area (Å²) < 4.78 is 0. The summed E-state index contributed by atoms with van der Waals surface area (Å²) in [6, 6.07) is 0.690. The summed E-state index contributed by atoms with van der Waals surface area (Å²) in [7, 11) is 0. The monoisotopic (exact) mass is 169 g/mol. The van der Waals surface area contributed by atoms with E-state index in [0.717, 1.165) is 0 Å². The Labute approximate surface area is 77.5 Å². The molecule has 0 saturated carbocycles. The highest BCUT2D eigenvalue weighted by atomic mass is 15.1. The van der Waals surface area contributed by atoms with Gasteiger partial charge in [0, 0.05) is 12.6 Å². The largest absolute Gasteiger partial charge is 0.301 e. The van der Waals surface area contributed by atoms with Crippen molar-refractivity contribution in [2.75, 3.05) is 13.1 Å². The zero-order valence-electron chi connectivity index (χ0n) is 9.01. The quantitative estimate of drug-likeness (QED) is 0.552. The van der Waals surface area contributed by atoms with E-state index in [-0.39, 0.29) is 0 Å². The molecule has 0 aliphatic rings. The van der Waals surface area contributed by atoms with Gasteiger partial charge in [0.2, 0.25) is 0 Å². The maximum atomic E-state index is 2.53. The molecule has 0 N–H and O–H groups in total. The Bertz CT molecular complexity index is 116. The van der Waals surface area contributed by atoms with E-state index in [0.29, 0.717) is 6.04 Å². The highest BCUT2D eigenvalue weighted by molar-refractivity contribution is 4.78. The molecule has 0 atom stereocenters. The van der Waals surface area contributed by atoms with E-state index in [1.54, 1.807) is 0 Å². The van der Waals surface area contributed by atoms with E-state index in [1.165, 1.54) is 25.9 Å². The maximum absolute atomic E-state index is 2.53. The van der Waals surface area contributed by atoms with Gasteiger partial charge in [0.15, 0.2) is 0 Å². The van der Waals surface area contributed by atoms with Gasteiger partial charge < -0.3 is 4.90 Å². The molecule has 12 heavy (non-hydrogen) atoms. The first kappa shape index (κ1) is 11.7. The van der Waals surface area contributed by atoms with Crippen molar-refractivity contribution < 1.29 is 0 Å². The third-order valence-corrected chi connectivity index (χ3v) is 2.06. The summed E-state index contributed by atoms with van der Waals surface area (Å²) in [6.07, 6.45) is 6.82. The van der Waals surface area contributed by atoms with Crippen LogP contribution in [0.3, 0.4) is 0 Å². The molecule has 1 heteroatoms. The summed E-state index contributed by atoms with van der Waals surface area (Å²) in [5, 5.41) is 0. The molecule has 0 spiro atoms. The van der Waals surface area contributed by atoms with Crippen molar-refractivity contribution in [3.63, 3.8) is 0 Å². The first-order valence-electron chi connectivity index (χ1n) is 5.07. The minimum absolute atomic E-state index is 0.690. The Hall–Kier alpha value is -0.300. The fraction of sp³-hybridized carbons (Fsp3) is 0.818. The second-order valence-corrected chi connectivity index (χ2v) is 3.49. The Morgan fingerprint density at radius 3 is 2.33 bits per heavy atom. The highest BCUT2D eigenvalue weighted by Crippen LogP contribution is 2.01. The summed E-state index contributed by atoms with van der Waals surface area (Å²) in [6.45, 7) is 11.3. The number of nitrogens with zero attached hydrogens (tertiary/aromatic N) is 1. The molecule has 0 aromatic rings. The minimum atomic E-state index is 0.690. The SMILES string of the molecule is C/C=C/CCN(CCC)C(C)C. The van der Waals surface area contributed by atoms with Crippen LogP contribution in [0.5, 0.6) is 0 Å². The number of hydrogen-bond donors (Lipinski definition) is 0. The van der Waals surface area contributed by atoms with Gasteiger partial charge in [0.1, 0.15) is 0 Å². The molecule has 72 valence electrons. The predicted octanol–water partition coefficient (Wildman–Crippen LogP) is 3.07. The van der Waals surface area contributed by atoms with Crippen LogP contribution in [0.25, 0.3) is 0 Å². The first-order valence-corrected chi connectivity index (χ1v) is 5.07. The van der Waals surface area contributed by atoms with Crippen molar-refractivity contribution >= 4 is 0 Å². The molecule has 0 saturated heterocycles. The summed E-state index contributed by atoms with van der Waals surface area (Å²) in [5.41, 5.74) is 0. The standard InChI is InChI=1S/C11H23N/c1-5-7-8-10-12(9-6-2)11(3)4/h5,7,11H,6,8-10H2,1-4H3/b7-5+. The normalized spacial score (nSPS) is 12.2. The van der Waals surface area contributed by atoms with Gasteiger partial charge in [-0.2, -0.15) is 0 Å². The van der Waals surface area contributed by atoms with Crippen LogP contribution < -0.4 is 0 Å². The summed E-state index contributed by atoms with van der Waals surface area (Å²) in [4.78, 5) is 2.53. The molecule has 0 aliphatic heterocycles. The first-order chi connectivity index (χ1) is 5.72. The van der Waals surface area contributed by atoms with Crippen molar-refractivity contribution in [3.05, 3.63) is 12.2 Å². The molecule has 0 radical (unpaired) electrons. The van der Waals surface area contributed by atoms with E-state index in [4.69, 9.17) is 0 Å².